The SMILES string of the molecule is C=C[C@@]1(C)CCC2=C(CC[C@H]3C(C)(C)[C@@H](O)CC[C@]23C)C1. The van der Waals surface area contributed by atoms with E-state index in [9.17, 15) is 5.11 Å². The number of hydrogen-bond acceptors (Lipinski definition) is 1. The topological polar surface area (TPSA) is 20.2 Å². The van der Waals surface area contributed by atoms with E-state index in [-0.39, 0.29) is 11.5 Å². The Bertz CT molecular complexity index is 486. The van der Waals surface area contributed by atoms with Gasteiger partial charge in [-0.2, -0.15) is 0 Å². The summed E-state index contributed by atoms with van der Waals surface area (Å²) >= 11 is 0. The van der Waals surface area contributed by atoms with Crippen molar-refractivity contribution in [2.45, 2.75) is 78.7 Å². The van der Waals surface area contributed by atoms with E-state index < -0.39 is 0 Å². The van der Waals surface area contributed by atoms with Crippen LogP contribution in [0.15, 0.2) is 23.8 Å². The molecule has 4 atom stereocenters. The molecular formula is C20H32O. The van der Waals surface area contributed by atoms with Gasteiger partial charge in [0.2, 0.25) is 0 Å². The highest BCUT2D eigenvalue weighted by Crippen LogP contribution is 2.62. The molecule has 1 heteroatoms. The number of allylic oxidation sites excluding steroid dienone is 3. The van der Waals surface area contributed by atoms with Crippen molar-refractivity contribution in [2.75, 3.05) is 0 Å². The van der Waals surface area contributed by atoms with Crippen LogP contribution in [-0.2, 0) is 0 Å². The van der Waals surface area contributed by atoms with Crippen LogP contribution in [-0.4, -0.2) is 11.2 Å². The van der Waals surface area contributed by atoms with Crippen LogP contribution in [0.1, 0.15) is 72.6 Å². The molecule has 0 radical (unpaired) electrons. The van der Waals surface area contributed by atoms with E-state index in [0.717, 1.165) is 6.42 Å². The maximum atomic E-state index is 10.5. The Hall–Kier alpha value is -0.560. The third-order valence-corrected chi connectivity index (χ3v) is 7.37. The highest BCUT2D eigenvalue weighted by atomic mass is 16.3. The van der Waals surface area contributed by atoms with Crippen molar-refractivity contribution in [2.24, 2.45) is 22.2 Å². The molecule has 21 heavy (non-hydrogen) atoms. The second kappa shape index (κ2) is 4.72. The van der Waals surface area contributed by atoms with Crippen LogP contribution in [0.2, 0.25) is 0 Å². The summed E-state index contributed by atoms with van der Waals surface area (Å²) in [6.45, 7) is 13.5. The van der Waals surface area contributed by atoms with E-state index in [0.29, 0.717) is 16.7 Å². The second-order valence-electron chi connectivity index (χ2n) is 9.00. The normalized spacial score (nSPS) is 45.8. The molecule has 0 bridgehead atoms. The minimum absolute atomic E-state index is 0.0602. The lowest BCUT2D eigenvalue weighted by atomic mass is 9.47. The monoisotopic (exact) mass is 288 g/mol. The zero-order valence-electron chi connectivity index (χ0n) is 14.3. The molecule has 3 rings (SSSR count). The molecule has 1 N–H and O–H groups in total. The molecule has 1 nitrogen and oxygen atoms in total. The Morgan fingerprint density at radius 2 is 1.81 bits per heavy atom. The van der Waals surface area contributed by atoms with Crippen molar-refractivity contribution in [1.82, 2.24) is 0 Å². The van der Waals surface area contributed by atoms with Gasteiger partial charge in [-0.1, -0.05) is 44.9 Å². The smallest absolute Gasteiger partial charge is 0.0594 e. The lowest BCUT2D eigenvalue weighted by Crippen LogP contribution is -2.52. The standard InChI is InChI=1S/C20H32O/c1-6-19(4)11-9-15-14(13-19)7-8-16-18(2,3)17(21)10-12-20(15,16)5/h6,16-17,21H,1,7-13H2,2-5H3/t16-,17-,19-,20+/m0/s1. The minimum atomic E-state index is -0.125. The van der Waals surface area contributed by atoms with Crippen LogP contribution in [0.4, 0.5) is 0 Å². The van der Waals surface area contributed by atoms with Crippen LogP contribution in [0, 0.1) is 22.2 Å². The summed E-state index contributed by atoms with van der Waals surface area (Å²) in [5.74, 6) is 0.639. The first kappa shape index (κ1) is 15.3. The van der Waals surface area contributed by atoms with Gasteiger partial charge in [0.25, 0.3) is 0 Å². The van der Waals surface area contributed by atoms with E-state index >= 15 is 0 Å². The van der Waals surface area contributed by atoms with Crippen LogP contribution >= 0.6 is 0 Å². The van der Waals surface area contributed by atoms with Crippen LogP contribution in [0.3, 0.4) is 0 Å². The van der Waals surface area contributed by atoms with Crippen molar-refractivity contribution in [3.63, 3.8) is 0 Å². The summed E-state index contributed by atoms with van der Waals surface area (Å²) in [6.07, 6.45) is 10.4. The molecule has 0 saturated heterocycles. The third kappa shape index (κ3) is 2.15. The summed E-state index contributed by atoms with van der Waals surface area (Å²) in [5, 5.41) is 10.5. The van der Waals surface area contributed by atoms with Crippen molar-refractivity contribution in [3.05, 3.63) is 23.8 Å². The van der Waals surface area contributed by atoms with Crippen molar-refractivity contribution in [3.8, 4) is 0 Å². The first-order valence-corrected chi connectivity index (χ1v) is 8.76. The highest BCUT2D eigenvalue weighted by Gasteiger charge is 2.54. The molecule has 3 aliphatic carbocycles. The van der Waals surface area contributed by atoms with Crippen molar-refractivity contribution >= 4 is 0 Å². The molecule has 0 unspecified atom stereocenters. The second-order valence-corrected chi connectivity index (χ2v) is 9.00. The number of aliphatic hydroxyl groups excluding tert-OH is 1. The Balaban J connectivity index is 1.99. The molecule has 0 spiro atoms. The van der Waals surface area contributed by atoms with Gasteiger partial charge in [0.15, 0.2) is 0 Å². The van der Waals surface area contributed by atoms with Gasteiger partial charge < -0.3 is 5.11 Å². The minimum Gasteiger partial charge on any atom is -0.393 e. The van der Waals surface area contributed by atoms with E-state index in [2.05, 4.69) is 40.3 Å². The van der Waals surface area contributed by atoms with Crippen molar-refractivity contribution in [1.29, 1.82) is 0 Å². The largest absolute Gasteiger partial charge is 0.393 e. The molecule has 0 amide bonds. The fourth-order valence-corrected chi connectivity index (χ4v) is 5.78. The van der Waals surface area contributed by atoms with Crippen LogP contribution in [0.5, 0.6) is 0 Å². The van der Waals surface area contributed by atoms with E-state index in [1.807, 2.05) is 0 Å². The van der Waals surface area contributed by atoms with E-state index in [4.69, 9.17) is 0 Å². The van der Waals surface area contributed by atoms with Crippen LogP contribution < -0.4 is 0 Å². The lowest BCUT2D eigenvalue weighted by molar-refractivity contribution is -0.0909. The van der Waals surface area contributed by atoms with Gasteiger partial charge in [-0.3, -0.25) is 0 Å². The van der Waals surface area contributed by atoms with E-state index in [1.54, 1.807) is 11.1 Å². The molecule has 0 aromatic carbocycles. The molecule has 0 aliphatic heterocycles. The number of rotatable bonds is 1. The van der Waals surface area contributed by atoms with Gasteiger partial charge in [0, 0.05) is 0 Å². The molecule has 118 valence electrons. The van der Waals surface area contributed by atoms with Crippen LogP contribution in [0.25, 0.3) is 0 Å². The number of hydrogen-bond donors (Lipinski definition) is 1. The molecule has 1 saturated carbocycles. The summed E-state index contributed by atoms with van der Waals surface area (Å²) in [6, 6.07) is 0. The zero-order valence-corrected chi connectivity index (χ0v) is 14.3. The van der Waals surface area contributed by atoms with Gasteiger partial charge in [0.05, 0.1) is 6.10 Å². The third-order valence-electron chi connectivity index (χ3n) is 7.37. The van der Waals surface area contributed by atoms with Gasteiger partial charge in [0.1, 0.15) is 0 Å². The Kier molecular flexibility index (Phi) is 3.44. The average molecular weight is 288 g/mol. The quantitative estimate of drug-likeness (QED) is 0.653. The lowest BCUT2D eigenvalue weighted by Gasteiger charge is -2.58. The molecule has 3 aliphatic rings. The van der Waals surface area contributed by atoms with E-state index in [1.165, 1.54) is 38.5 Å². The predicted molar refractivity (Wildman–Crippen MR) is 89.0 cm³/mol. The van der Waals surface area contributed by atoms with Crippen molar-refractivity contribution < 1.29 is 5.11 Å². The number of aliphatic hydroxyl groups is 1. The average Bonchev–Trinajstić information content (AvgIpc) is 2.43. The first-order valence-electron chi connectivity index (χ1n) is 8.76. The maximum absolute atomic E-state index is 10.5. The molecule has 0 aromatic rings. The Morgan fingerprint density at radius 1 is 1.10 bits per heavy atom. The van der Waals surface area contributed by atoms with Gasteiger partial charge in [-0.15, -0.1) is 6.58 Å². The molecule has 0 heterocycles. The molecule has 0 aromatic heterocycles. The highest BCUT2D eigenvalue weighted by molar-refractivity contribution is 5.32. The molecular weight excluding hydrogens is 256 g/mol. The fraction of sp³-hybridized carbons (Fsp3) is 0.800. The first-order chi connectivity index (χ1) is 9.73. The Morgan fingerprint density at radius 3 is 2.48 bits per heavy atom. The Labute approximate surface area is 130 Å². The zero-order chi connectivity index (χ0) is 15.5. The summed E-state index contributed by atoms with van der Waals surface area (Å²) < 4.78 is 0. The fourth-order valence-electron chi connectivity index (χ4n) is 5.78. The van der Waals surface area contributed by atoms with Gasteiger partial charge in [-0.05, 0) is 67.1 Å². The predicted octanol–water partition coefficient (Wildman–Crippen LogP) is 5.26. The summed E-state index contributed by atoms with van der Waals surface area (Å²) in [7, 11) is 0. The molecule has 1 fully saturated rings. The summed E-state index contributed by atoms with van der Waals surface area (Å²) in [4.78, 5) is 0. The maximum Gasteiger partial charge on any atom is 0.0594 e. The summed E-state index contributed by atoms with van der Waals surface area (Å²) in [5.41, 5.74) is 4.20. The van der Waals surface area contributed by atoms with Gasteiger partial charge in [-0.25, -0.2) is 0 Å². The number of fused-ring (bicyclic) bond motifs is 2. The van der Waals surface area contributed by atoms with Gasteiger partial charge >= 0.3 is 0 Å².